The average Bonchev–Trinajstić information content (AvgIpc) is 2.67. The third kappa shape index (κ3) is 4.79. The Balaban J connectivity index is 2.00. The van der Waals surface area contributed by atoms with E-state index in [0.717, 1.165) is 39.6 Å². The predicted octanol–water partition coefficient (Wildman–Crippen LogP) is 6.09. The molecule has 0 fully saturated rings. The molecular formula is C25H31NO3Si-. The molecule has 5 heteroatoms. The SMILES string of the molecule is CC(C)(C)[Si-](C)(C)OCCc1cccc2c(-c3ccccc3)c(CC(=O)O)cnc12. The van der Waals surface area contributed by atoms with Gasteiger partial charge in [-0.2, -0.15) is 0 Å². The zero-order chi connectivity index (χ0) is 21.9. The molecule has 0 saturated heterocycles. The molecule has 0 atom stereocenters. The summed E-state index contributed by atoms with van der Waals surface area (Å²) in [5.41, 5.74) is 4.75. The molecule has 0 aliphatic carbocycles. The highest BCUT2D eigenvalue weighted by Gasteiger charge is 2.24. The largest absolute Gasteiger partial charge is 0.564 e. The van der Waals surface area contributed by atoms with Crippen LogP contribution in [0.3, 0.4) is 0 Å². The van der Waals surface area contributed by atoms with E-state index in [9.17, 15) is 9.90 Å². The van der Waals surface area contributed by atoms with Crippen LogP contribution in [0.4, 0.5) is 0 Å². The van der Waals surface area contributed by atoms with Gasteiger partial charge >= 0.3 is 5.97 Å². The van der Waals surface area contributed by atoms with Crippen molar-refractivity contribution in [2.24, 2.45) is 0 Å². The molecule has 4 nitrogen and oxygen atoms in total. The number of pyridine rings is 1. The topological polar surface area (TPSA) is 59.4 Å². The molecule has 2 aromatic carbocycles. The van der Waals surface area contributed by atoms with Crippen molar-refractivity contribution in [1.82, 2.24) is 4.98 Å². The summed E-state index contributed by atoms with van der Waals surface area (Å²) >= 11 is 0. The monoisotopic (exact) mass is 421 g/mol. The first-order chi connectivity index (χ1) is 14.1. The molecule has 30 heavy (non-hydrogen) atoms. The van der Waals surface area contributed by atoms with Crippen molar-refractivity contribution in [2.45, 2.75) is 51.7 Å². The van der Waals surface area contributed by atoms with Gasteiger partial charge in [0, 0.05) is 18.2 Å². The fourth-order valence-electron chi connectivity index (χ4n) is 3.40. The molecule has 0 bridgehead atoms. The summed E-state index contributed by atoms with van der Waals surface area (Å²) in [6, 6.07) is 16.1. The Morgan fingerprint density at radius 2 is 1.73 bits per heavy atom. The van der Waals surface area contributed by atoms with Crippen LogP contribution in [0.5, 0.6) is 0 Å². The number of carboxylic acids is 1. The fourth-order valence-corrected chi connectivity index (χ4v) is 4.45. The Bertz CT molecular complexity index is 1040. The number of fused-ring (bicyclic) bond motifs is 1. The minimum Gasteiger partial charge on any atom is -0.564 e. The summed E-state index contributed by atoms with van der Waals surface area (Å²) < 4.78 is 6.37. The second-order valence-electron chi connectivity index (χ2n) is 9.27. The van der Waals surface area contributed by atoms with Crippen LogP contribution in [0, 0.1) is 0 Å². The molecule has 3 aromatic rings. The molecule has 0 radical (unpaired) electrons. The molecule has 1 aromatic heterocycles. The quantitative estimate of drug-likeness (QED) is 0.469. The van der Waals surface area contributed by atoms with E-state index in [1.165, 1.54) is 0 Å². The van der Waals surface area contributed by atoms with Gasteiger partial charge in [0.25, 0.3) is 0 Å². The van der Waals surface area contributed by atoms with E-state index in [0.29, 0.717) is 6.61 Å². The lowest BCUT2D eigenvalue weighted by Gasteiger charge is -2.48. The summed E-state index contributed by atoms with van der Waals surface area (Å²) in [5, 5.41) is 10.5. The lowest BCUT2D eigenvalue weighted by molar-refractivity contribution is -0.136. The van der Waals surface area contributed by atoms with Crippen LogP contribution in [-0.2, 0) is 22.1 Å². The molecule has 0 aliphatic heterocycles. The van der Waals surface area contributed by atoms with Crippen LogP contribution < -0.4 is 0 Å². The van der Waals surface area contributed by atoms with Crippen molar-refractivity contribution in [3.8, 4) is 11.1 Å². The number of hydrogen-bond donors (Lipinski definition) is 1. The van der Waals surface area contributed by atoms with Crippen molar-refractivity contribution >= 4 is 25.2 Å². The van der Waals surface area contributed by atoms with Crippen molar-refractivity contribution in [1.29, 1.82) is 0 Å². The Hall–Kier alpha value is -2.50. The van der Waals surface area contributed by atoms with Gasteiger partial charge in [0.1, 0.15) is 0 Å². The van der Waals surface area contributed by atoms with Crippen LogP contribution in [0.25, 0.3) is 22.0 Å². The maximum absolute atomic E-state index is 11.4. The Kier molecular flexibility index (Phi) is 6.43. The van der Waals surface area contributed by atoms with Crippen molar-refractivity contribution in [3.05, 3.63) is 65.9 Å². The number of para-hydroxylation sites is 1. The predicted molar refractivity (Wildman–Crippen MR) is 125 cm³/mol. The van der Waals surface area contributed by atoms with Crippen LogP contribution in [0.2, 0.25) is 18.1 Å². The Morgan fingerprint density at radius 3 is 2.37 bits per heavy atom. The summed E-state index contributed by atoms with van der Waals surface area (Å²) in [5.74, 6) is -0.854. The molecule has 159 valence electrons. The first-order valence-electron chi connectivity index (χ1n) is 10.4. The number of rotatable bonds is 7. The summed E-state index contributed by atoms with van der Waals surface area (Å²) in [7, 11) is -1.80. The average molecular weight is 422 g/mol. The standard InChI is InChI=1S/C25H31NO3Si/c1-25(2,3)30(4,5)29-15-14-19-12-9-13-21-23(18-10-7-6-8-11-18)20(16-22(27)28)17-26-24(19)21/h6-13,17H,14-16H2,1-5H3,(H,27,28)/q-1. The van der Waals surface area contributed by atoms with Gasteiger partial charge in [0.15, 0.2) is 0 Å². The van der Waals surface area contributed by atoms with Crippen LogP contribution >= 0.6 is 0 Å². The number of aliphatic carboxylic acids is 1. The lowest BCUT2D eigenvalue weighted by atomic mass is 9.93. The number of benzene rings is 2. The smallest absolute Gasteiger partial charge is 0.307 e. The number of carbonyl (C=O) groups is 1. The molecule has 3 rings (SSSR count). The van der Waals surface area contributed by atoms with Gasteiger partial charge in [-0.1, -0.05) is 69.3 Å². The van der Waals surface area contributed by atoms with Crippen LogP contribution in [-0.4, -0.2) is 31.0 Å². The highest BCUT2D eigenvalue weighted by Crippen LogP contribution is 2.37. The molecule has 0 saturated carbocycles. The molecule has 1 N–H and O–H groups in total. The van der Waals surface area contributed by atoms with Gasteiger partial charge in [0.05, 0.1) is 11.9 Å². The third-order valence-corrected chi connectivity index (χ3v) is 10.6. The minimum absolute atomic E-state index is 0.0497. The first kappa shape index (κ1) is 22.2. The second kappa shape index (κ2) is 8.70. The molecule has 0 unspecified atom stereocenters. The first-order valence-corrected chi connectivity index (χ1v) is 13.3. The second-order valence-corrected chi connectivity index (χ2v) is 14.1. The number of aromatic nitrogens is 1. The van der Waals surface area contributed by atoms with E-state index in [1.807, 2.05) is 42.5 Å². The van der Waals surface area contributed by atoms with E-state index in [4.69, 9.17) is 4.43 Å². The van der Waals surface area contributed by atoms with E-state index >= 15 is 0 Å². The van der Waals surface area contributed by atoms with Crippen LogP contribution in [0.1, 0.15) is 31.9 Å². The van der Waals surface area contributed by atoms with Crippen molar-refractivity contribution in [2.75, 3.05) is 6.61 Å². The van der Waals surface area contributed by atoms with Gasteiger partial charge in [0.2, 0.25) is 0 Å². The van der Waals surface area contributed by atoms with Gasteiger partial charge in [-0.15, -0.1) is 18.1 Å². The molecular weight excluding hydrogens is 390 g/mol. The fraction of sp³-hybridized carbons (Fsp3) is 0.360. The number of carboxylic acid groups (broad SMARTS) is 1. The molecule has 0 spiro atoms. The molecule has 1 heterocycles. The van der Waals surface area contributed by atoms with Crippen molar-refractivity contribution < 1.29 is 14.3 Å². The zero-order valence-electron chi connectivity index (χ0n) is 18.5. The minimum atomic E-state index is -1.80. The van der Waals surface area contributed by atoms with E-state index in [-0.39, 0.29) is 11.5 Å². The van der Waals surface area contributed by atoms with E-state index in [1.54, 1.807) is 6.20 Å². The van der Waals surface area contributed by atoms with Gasteiger partial charge in [-0.25, -0.2) is 0 Å². The number of hydrogen-bond acceptors (Lipinski definition) is 3. The zero-order valence-corrected chi connectivity index (χ0v) is 19.5. The summed E-state index contributed by atoms with van der Waals surface area (Å²) in [4.78, 5) is 16.1. The molecule has 0 amide bonds. The maximum Gasteiger partial charge on any atom is 0.307 e. The van der Waals surface area contributed by atoms with Crippen molar-refractivity contribution in [3.63, 3.8) is 0 Å². The Morgan fingerprint density at radius 1 is 1.03 bits per heavy atom. The van der Waals surface area contributed by atoms with Gasteiger partial charge in [-0.05, 0) is 37.0 Å². The van der Waals surface area contributed by atoms with Crippen LogP contribution in [0.15, 0.2) is 54.7 Å². The van der Waals surface area contributed by atoms with Gasteiger partial charge in [-0.3, -0.25) is 9.78 Å². The van der Waals surface area contributed by atoms with E-state index in [2.05, 4.69) is 44.9 Å². The molecule has 0 aliphatic rings. The highest BCUT2D eigenvalue weighted by molar-refractivity contribution is 6.74. The van der Waals surface area contributed by atoms with E-state index < -0.39 is 14.3 Å². The normalized spacial score (nSPS) is 12.3. The Labute approximate surface area is 180 Å². The maximum atomic E-state index is 11.4. The van der Waals surface area contributed by atoms with Gasteiger partial charge < -0.3 is 9.53 Å². The lowest BCUT2D eigenvalue weighted by Crippen LogP contribution is -2.41. The highest BCUT2D eigenvalue weighted by atomic mass is 28.4. The summed E-state index contributed by atoms with van der Waals surface area (Å²) in [6.45, 7) is 11.9. The number of nitrogens with zero attached hydrogens (tertiary/aromatic N) is 1. The third-order valence-electron chi connectivity index (χ3n) is 6.10. The summed E-state index contributed by atoms with van der Waals surface area (Å²) in [6.07, 6.45) is 2.45.